The van der Waals surface area contributed by atoms with Gasteiger partial charge < -0.3 is 25.4 Å². The quantitative estimate of drug-likeness (QED) is 0.0153. The fraction of sp³-hybridized carbons (Fsp3) is 0.641. The van der Waals surface area contributed by atoms with Gasteiger partial charge in [0.15, 0.2) is 0 Å². The maximum absolute atomic E-state index is 15.3. The topological polar surface area (TPSA) is 133 Å². The number of para-hydroxylation sites is 1. The van der Waals surface area contributed by atoms with E-state index in [-0.39, 0.29) is 53.1 Å². The Morgan fingerprint density at radius 1 is 0.800 bits per heavy atom. The number of rotatable bonds is 37. The summed E-state index contributed by atoms with van der Waals surface area (Å²) in [7, 11) is 0. The Hall–Kier alpha value is -5.57. The third-order valence-corrected chi connectivity index (χ3v) is 25.9. The molecule has 8 nitrogen and oxygen atoms in total. The van der Waals surface area contributed by atoms with Gasteiger partial charge in [-0.15, -0.1) is 0 Å². The lowest BCUT2D eigenvalue weighted by Gasteiger charge is -2.38. The lowest BCUT2D eigenvalue weighted by atomic mass is 9.68. The summed E-state index contributed by atoms with van der Waals surface area (Å²) in [6.45, 7) is 31.0. The summed E-state index contributed by atoms with van der Waals surface area (Å²) in [5.74, 6) is 8.79. The lowest BCUT2D eigenvalue weighted by molar-refractivity contribution is -0.128. The summed E-state index contributed by atoms with van der Waals surface area (Å²) in [4.78, 5) is 40.2. The Balaban J connectivity index is 0.733. The highest BCUT2D eigenvalue weighted by Crippen LogP contribution is 2.57. The number of hydrogen-bond donors (Lipinski definition) is 4. The molecule has 1 amide bonds. The lowest BCUT2D eigenvalue weighted by Crippen LogP contribution is -2.40. The average Bonchev–Trinajstić information content (AvgIpc) is 1.56. The summed E-state index contributed by atoms with van der Waals surface area (Å²) >= 11 is 0. The fourth-order valence-electron chi connectivity index (χ4n) is 20.8. The molecule has 9 rings (SSSR count). The SMILES string of the molecule is C=C1CCC(=O)C1CCCC(=O)NCCOC(C)(C)CC(C)(O)CC(CC)CC(CC(=O)C(C(C)C)C1CCC(CCCC2CCC(CCCc3cccc(C4C5CCC4CC(c4cc(-c6ccccc6O)ccc4C)C5)c3)C(C)C2)C1)C(C)CC(C)c1ccc(/C(O)=C(C)/C=C\C)cc1. The number of aliphatic hydroxyl groups is 2. The summed E-state index contributed by atoms with van der Waals surface area (Å²) in [6, 6.07) is 32.8. The van der Waals surface area contributed by atoms with Crippen LogP contribution in [0.15, 0.2) is 121 Å². The first-order valence-corrected chi connectivity index (χ1v) is 40.3. The smallest absolute Gasteiger partial charge is 0.220 e. The Labute approximate surface area is 606 Å². The number of hydrogen-bond acceptors (Lipinski definition) is 7. The average molecular weight is 1370 g/mol. The number of carbonyl (C=O) groups excluding carboxylic acids is 3. The highest BCUT2D eigenvalue weighted by atomic mass is 16.5. The first-order chi connectivity index (χ1) is 47.8. The van der Waals surface area contributed by atoms with Crippen molar-refractivity contribution in [3.8, 4) is 16.9 Å². The predicted molar refractivity (Wildman–Crippen MR) is 415 cm³/mol. The van der Waals surface area contributed by atoms with E-state index < -0.39 is 11.2 Å². The van der Waals surface area contributed by atoms with Crippen LogP contribution in [0.4, 0.5) is 0 Å². The number of amides is 1. The Morgan fingerprint density at radius 3 is 2.20 bits per heavy atom. The molecule has 14 unspecified atom stereocenters. The molecule has 548 valence electrons. The molecular formula is C92H133NO7. The van der Waals surface area contributed by atoms with Crippen LogP contribution in [0.1, 0.15) is 294 Å². The van der Waals surface area contributed by atoms with Crippen LogP contribution in [0.2, 0.25) is 0 Å². The van der Waals surface area contributed by atoms with Crippen LogP contribution in [0.25, 0.3) is 16.9 Å². The zero-order chi connectivity index (χ0) is 71.8. The molecule has 8 heteroatoms. The van der Waals surface area contributed by atoms with Gasteiger partial charge in [-0.25, -0.2) is 0 Å². The molecule has 0 heterocycles. The first kappa shape index (κ1) is 78.6. The van der Waals surface area contributed by atoms with Crippen molar-refractivity contribution in [2.45, 2.75) is 285 Å². The van der Waals surface area contributed by atoms with Crippen LogP contribution < -0.4 is 5.32 Å². The molecule has 0 spiro atoms. The van der Waals surface area contributed by atoms with E-state index in [1.165, 1.54) is 119 Å². The number of aryl methyl sites for hydroxylation is 2. The monoisotopic (exact) mass is 1360 g/mol. The number of fused-ring (bicyclic) bond motifs is 2. The van der Waals surface area contributed by atoms with E-state index in [4.69, 9.17) is 4.74 Å². The van der Waals surface area contributed by atoms with Crippen molar-refractivity contribution in [1.29, 1.82) is 0 Å². The highest BCUT2D eigenvalue weighted by molar-refractivity contribution is 5.87. The van der Waals surface area contributed by atoms with Crippen molar-refractivity contribution < 1.29 is 34.4 Å². The molecule has 4 N–H and O–H groups in total. The molecular weight excluding hydrogens is 1230 g/mol. The maximum atomic E-state index is 15.3. The maximum Gasteiger partial charge on any atom is 0.220 e. The van der Waals surface area contributed by atoms with E-state index in [0.717, 1.165) is 89.5 Å². The van der Waals surface area contributed by atoms with E-state index in [9.17, 15) is 24.9 Å². The second-order valence-corrected chi connectivity index (χ2v) is 34.7. The van der Waals surface area contributed by atoms with Crippen LogP contribution in [-0.4, -0.2) is 57.1 Å². The van der Waals surface area contributed by atoms with Crippen LogP contribution in [-0.2, 0) is 25.5 Å². The zero-order valence-electron chi connectivity index (χ0n) is 64.2. The molecule has 2 bridgehead atoms. The molecule has 4 aromatic carbocycles. The number of carbonyl (C=O) groups is 3. The van der Waals surface area contributed by atoms with Crippen LogP contribution in [0, 0.1) is 83.9 Å². The van der Waals surface area contributed by atoms with Gasteiger partial charge in [0.05, 0.1) is 17.8 Å². The van der Waals surface area contributed by atoms with Gasteiger partial charge in [0.1, 0.15) is 23.1 Å². The molecule has 5 aliphatic rings. The number of benzene rings is 4. The summed E-state index contributed by atoms with van der Waals surface area (Å²) in [5.41, 5.74) is 10.3. The van der Waals surface area contributed by atoms with Gasteiger partial charge in [0.2, 0.25) is 5.91 Å². The Bertz CT molecular complexity index is 3340. The van der Waals surface area contributed by atoms with Crippen LogP contribution >= 0.6 is 0 Å². The van der Waals surface area contributed by atoms with E-state index in [0.29, 0.717) is 99.1 Å². The number of aliphatic hydroxyl groups excluding tert-OH is 1. The minimum atomic E-state index is -1.01. The summed E-state index contributed by atoms with van der Waals surface area (Å²) < 4.78 is 6.37. The van der Waals surface area contributed by atoms with Crippen molar-refractivity contribution in [2.24, 2.45) is 76.9 Å². The van der Waals surface area contributed by atoms with Crippen molar-refractivity contribution >= 4 is 23.2 Å². The molecule has 0 aromatic heterocycles. The van der Waals surface area contributed by atoms with Crippen molar-refractivity contribution in [1.82, 2.24) is 5.32 Å². The van der Waals surface area contributed by atoms with Gasteiger partial charge >= 0.3 is 0 Å². The van der Waals surface area contributed by atoms with Gasteiger partial charge in [0.25, 0.3) is 0 Å². The van der Waals surface area contributed by atoms with Gasteiger partial charge in [0, 0.05) is 55.2 Å². The standard InChI is InChI=1S/C92H133NO7/c1-14-22-63(7)90(98)73-42-40-72(41-43-73)64(8)49-65(9)79(51-67(15-2)58-92(13,99)59-91(11,12)100-48-47-93-87(97)32-21-30-81-61(5)34-46-85(81)95)57-86(96)88(60(3)4)76-39-36-70(53-76)24-18-23-69-35-38-71(66(10)50-69)27-19-25-68-26-20-28-75(52-68)89-77-44-45-78(89)55-80(54-77)83-56-74(37-33-62(83)6)82-29-16-17-31-84(82)94/h14,16-17,20,22,26,28-29,31,33,37,40-43,52,56,60,64-67,69-71,76-81,88-89,94,98-99H,5,15,18-19,21,23-25,27,30,32,34-36,38-39,44-51,53-55,57-59H2,1-4,6-13H3,(H,93,97)/b22-14-,90-63-. The van der Waals surface area contributed by atoms with E-state index in [1.807, 2.05) is 77.1 Å². The first-order valence-electron chi connectivity index (χ1n) is 40.3. The molecule has 100 heavy (non-hydrogen) atoms. The molecule has 14 atom stereocenters. The Kier molecular flexibility index (Phi) is 28.9. The van der Waals surface area contributed by atoms with Crippen molar-refractivity contribution in [3.63, 3.8) is 0 Å². The molecule has 0 aliphatic heterocycles. The van der Waals surface area contributed by atoms with Crippen molar-refractivity contribution in [3.05, 3.63) is 154 Å². The zero-order valence-corrected chi connectivity index (χ0v) is 64.2. The van der Waals surface area contributed by atoms with Gasteiger partial charge in [-0.2, -0.15) is 0 Å². The van der Waals surface area contributed by atoms with Gasteiger partial charge in [-0.3, -0.25) is 14.4 Å². The molecule has 5 aliphatic carbocycles. The third-order valence-electron chi connectivity index (χ3n) is 25.9. The number of Topliss-reactive ketones (excluding diaryl/α,β-unsaturated/α-hetero) is 2. The number of aromatic hydroxyl groups is 1. The number of allylic oxidation sites excluding steroid dienone is 4. The molecule has 4 aromatic rings. The van der Waals surface area contributed by atoms with Crippen LogP contribution in [0.3, 0.4) is 0 Å². The predicted octanol–water partition coefficient (Wildman–Crippen LogP) is 23.1. The van der Waals surface area contributed by atoms with E-state index in [2.05, 4.69) is 115 Å². The minimum absolute atomic E-state index is 0.0398. The number of phenols is 1. The number of nitrogens with one attached hydrogen (secondary N) is 1. The molecule has 5 saturated carbocycles. The van der Waals surface area contributed by atoms with E-state index >= 15 is 4.79 Å². The summed E-state index contributed by atoms with van der Waals surface area (Å²) in [6.07, 6.45) is 32.0. The third kappa shape index (κ3) is 21.8. The largest absolute Gasteiger partial charge is 0.507 e. The second kappa shape index (κ2) is 36.7. The van der Waals surface area contributed by atoms with Gasteiger partial charge in [-0.05, 0) is 279 Å². The van der Waals surface area contributed by atoms with Gasteiger partial charge in [-0.1, -0.05) is 189 Å². The molecule has 0 radical (unpaired) electrons. The number of ketones is 2. The Morgan fingerprint density at radius 2 is 1.52 bits per heavy atom. The second-order valence-electron chi connectivity index (χ2n) is 34.7. The summed E-state index contributed by atoms with van der Waals surface area (Å²) in [5, 5.41) is 36.9. The minimum Gasteiger partial charge on any atom is -0.507 e. The van der Waals surface area contributed by atoms with E-state index in [1.54, 1.807) is 11.6 Å². The molecule has 5 fully saturated rings. The number of phenolic OH excluding ortho intramolecular Hbond substituents is 1. The molecule has 0 saturated heterocycles. The fourth-order valence-corrected chi connectivity index (χ4v) is 20.8. The highest BCUT2D eigenvalue weighted by Gasteiger charge is 2.45. The van der Waals surface area contributed by atoms with Crippen molar-refractivity contribution in [2.75, 3.05) is 13.2 Å². The van der Waals surface area contributed by atoms with Crippen LogP contribution in [0.5, 0.6) is 5.75 Å². The number of ether oxygens (including phenoxy) is 1. The normalized spacial score (nSPS) is 25.8.